The standard InChI is InChI=1S/C16H24N2OS/c1-16(2)6-8-18(9-7-16)11-12-4-5-13(15(17)20)14(10-12)19-3/h4-5,10H,6-9,11H2,1-3H3,(H2,17,20). The van der Waals surface area contributed by atoms with E-state index in [-0.39, 0.29) is 0 Å². The lowest BCUT2D eigenvalue weighted by molar-refractivity contribution is 0.127. The number of nitrogens with zero attached hydrogens (tertiary/aromatic N) is 1. The molecule has 0 aliphatic carbocycles. The summed E-state index contributed by atoms with van der Waals surface area (Å²) in [4.78, 5) is 2.88. The van der Waals surface area contributed by atoms with E-state index in [2.05, 4.69) is 24.8 Å². The molecule has 1 fully saturated rings. The third-order valence-corrected chi connectivity index (χ3v) is 4.37. The van der Waals surface area contributed by atoms with E-state index < -0.39 is 0 Å². The highest BCUT2D eigenvalue weighted by Crippen LogP contribution is 2.30. The number of thiocarbonyl (C=S) groups is 1. The number of piperidine rings is 1. The molecule has 0 unspecified atom stereocenters. The van der Waals surface area contributed by atoms with Gasteiger partial charge >= 0.3 is 0 Å². The minimum absolute atomic E-state index is 0.383. The number of benzene rings is 1. The summed E-state index contributed by atoms with van der Waals surface area (Å²) in [6, 6.07) is 6.11. The fraction of sp³-hybridized carbons (Fsp3) is 0.562. The van der Waals surface area contributed by atoms with Crippen LogP contribution in [0.1, 0.15) is 37.8 Å². The molecule has 1 heterocycles. The van der Waals surface area contributed by atoms with Gasteiger partial charge in [0.15, 0.2) is 0 Å². The van der Waals surface area contributed by atoms with Crippen molar-refractivity contribution in [2.75, 3.05) is 20.2 Å². The maximum atomic E-state index is 5.70. The lowest BCUT2D eigenvalue weighted by atomic mass is 9.82. The molecule has 1 aliphatic rings. The molecule has 1 aromatic rings. The van der Waals surface area contributed by atoms with Crippen molar-refractivity contribution in [3.05, 3.63) is 29.3 Å². The van der Waals surface area contributed by atoms with Crippen LogP contribution in [0.15, 0.2) is 18.2 Å². The fourth-order valence-corrected chi connectivity index (χ4v) is 2.78. The molecule has 0 spiro atoms. The van der Waals surface area contributed by atoms with E-state index in [1.165, 1.54) is 18.4 Å². The zero-order valence-electron chi connectivity index (χ0n) is 12.6. The summed E-state index contributed by atoms with van der Waals surface area (Å²) in [6.07, 6.45) is 2.52. The molecule has 0 saturated carbocycles. The second-order valence-electron chi connectivity index (χ2n) is 6.34. The Morgan fingerprint density at radius 2 is 2.00 bits per heavy atom. The second kappa shape index (κ2) is 6.10. The number of nitrogens with two attached hydrogens (primary N) is 1. The first kappa shape index (κ1) is 15.3. The van der Waals surface area contributed by atoms with E-state index >= 15 is 0 Å². The summed E-state index contributed by atoms with van der Waals surface area (Å²) >= 11 is 5.03. The summed E-state index contributed by atoms with van der Waals surface area (Å²) in [7, 11) is 1.66. The van der Waals surface area contributed by atoms with E-state index in [1.807, 2.05) is 12.1 Å². The largest absolute Gasteiger partial charge is 0.496 e. The first-order valence-electron chi connectivity index (χ1n) is 7.10. The zero-order chi connectivity index (χ0) is 14.8. The molecular weight excluding hydrogens is 268 g/mol. The molecule has 1 aliphatic heterocycles. The molecule has 3 nitrogen and oxygen atoms in total. The molecule has 20 heavy (non-hydrogen) atoms. The van der Waals surface area contributed by atoms with Crippen molar-refractivity contribution in [1.29, 1.82) is 0 Å². The molecule has 1 saturated heterocycles. The number of methoxy groups -OCH3 is 1. The number of ether oxygens (including phenoxy) is 1. The number of hydrogen-bond donors (Lipinski definition) is 1. The Morgan fingerprint density at radius 1 is 1.35 bits per heavy atom. The van der Waals surface area contributed by atoms with E-state index in [0.717, 1.165) is 30.9 Å². The van der Waals surface area contributed by atoms with Crippen molar-refractivity contribution < 1.29 is 4.74 Å². The first-order chi connectivity index (χ1) is 9.41. The van der Waals surface area contributed by atoms with Gasteiger partial charge in [-0.2, -0.15) is 0 Å². The minimum Gasteiger partial charge on any atom is -0.496 e. The predicted molar refractivity (Wildman–Crippen MR) is 87.2 cm³/mol. The highest BCUT2D eigenvalue weighted by molar-refractivity contribution is 7.80. The lowest BCUT2D eigenvalue weighted by Gasteiger charge is -2.37. The third-order valence-electron chi connectivity index (χ3n) is 4.15. The summed E-state index contributed by atoms with van der Waals surface area (Å²) in [5.41, 5.74) is 8.25. The molecule has 2 rings (SSSR count). The molecule has 0 bridgehead atoms. The topological polar surface area (TPSA) is 38.5 Å². The van der Waals surface area contributed by atoms with Crippen molar-refractivity contribution >= 4 is 17.2 Å². The Bertz CT molecular complexity index is 489. The predicted octanol–water partition coefficient (Wildman–Crippen LogP) is 2.95. The first-order valence-corrected chi connectivity index (χ1v) is 7.51. The molecule has 4 heteroatoms. The normalized spacial score (nSPS) is 18.8. The van der Waals surface area contributed by atoms with Gasteiger partial charge in [0.2, 0.25) is 0 Å². The fourth-order valence-electron chi connectivity index (χ4n) is 2.61. The molecule has 2 N–H and O–H groups in total. The van der Waals surface area contributed by atoms with Crippen LogP contribution in [0.25, 0.3) is 0 Å². The molecule has 0 aromatic heterocycles. The van der Waals surface area contributed by atoms with Crippen molar-refractivity contribution in [2.45, 2.75) is 33.2 Å². The summed E-state index contributed by atoms with van der Waals surface area (Å²) in [5.74, 6) is 0.771. The molecular formula is C16H24N2OS. The minimum atomic E-state index is 0.383. The SMILES string of the molecule is COc1cc(CN2CCC(C)(C)CC2)ccc1C(N)=S. The van der Waals surface area contributed by atoms with E-state index in [0.29, 0.717) is 10.4 Å². The van der Waals surface area contributed by atoms with Crippen LogP contribution < -0.4 is 10.5 Å². The van der Waals surface area contributed by atoms with E-state index in [9.17, 15) is 0 Å². The van der Waals surface area contributed by atoms with Gasteiger partial charge in [-0.3, -0.25) is 4.90 Å². The average molecular weight is 292 g/mol. The summed E-state index contributed by atoms with van der Waals surface area (Å²) < 4.78 is 5.38. The quantitative estimate of drug-likeness (QED) is 0.866. The van der Waals surface area contributed by atoms with Gasteiger partial charge in [0, 0.05) is 6.54 Å². The van der Waals surface area contributed by atoms with Crippen LogP contribution >= 0.6 is 12.2 Å². The van der Waals surface area contributed by atoms with Gasteiger partial charge in [0.25, 0.3) is 0 Å². The van der Waals surface area contributed by atoms with Gasteiger partial charge in [-0.25, -0.2) is 0 Å². The zero-order valence-corrected chi connectivity index (χ0v) is 13.4. The highest BCUT2D eigenvalue weighted by atomic mass is 32.1. The van der Waals surface area contributed by atoms with Gasteiger partial charge in [-0.15, -0.1) is 0 Å². The van der Waals surface area contributed by atoms with Crippen LogP contribution in [0.4, 0.5) is 0 Å². The van der Waals surface area contributed by atoms with Gasteiger partial charge in [0.05, 0.1) is 12.7 Å². The molecule has 0 amide bonds. The lowest BCUT2D eigenvalue weighted by Crippen LogP contribution is -2.36. The maximum Gasteiger partial charge on any atom is 0.129 e. The van der Waals surface area contributed by atoms with Gasteiger partial charge in [-0.05, 0) is 49.0 Å². The van der Waals surface area contributed by atoms with Crippen LogP contribution in [-0.4, -0.2) is 30.1 Å². The second-order valence-corrected chi connectivity index (χ2v) is 6.78. The Balaban J connectivity index is 2.05. The Labute approximate surface area is 127 Å². The van der Waals surface area contributed by atoms with Crippen molar-refractivity contribution in [3.63, 3.8) is 0 Å². The number of rotatable bonds is 4. The van der Waals surface area contributed by atoms with Crippen LogP contribution in [0, 0.1) is 5.41 Å². The van der Waals surface area contributed by atoms with Crippen LogP contribution in [0.5, 0.6) is 5.75 Å². The van der Waals surface area contributed by atoms with Crippen LogP contribution in [0.2, 0.25) is 0 Å². The third kappa shape index (κ3) is 3.70. The van der Waals surface area contributed by atoms with Gasteiger partial charge in [-0.1, -0.05) is 32.1 Å². The Kier molecular flexibility index (Phi) is 4.66. The summed E-state index contributed by atoms with van der Waals surface area (Å²) in [6.45, 7) is 7.98. The number of hydrogen-bond acceptors (Lipinski definition) is 3. The Morgan fingerprint density at radius 3 is 2.55 bits per heavy atom. The molecule has 1 aromatic carbocycles. The van der Waals surface area contributed by atoms with Crippen LogP contribution in [0.3, 0.4) is 0 Å². The van der Waals surface area contributed by atoms with E-state index in [4.69, 9.17) is 22.7 Å². The maximum absolute atomic E-state index is 5.70. The van der Waals surface area contributed by atoms with Crippen molar-refractivity contribution in [2.24, 2.45) is 11.1 Å². The number of likely N-dealkylation sites (tertiary alicyclic amines) is 1. The van der Waals surface area contributed by atoms with Crippen molar-refractivity contribution in [1.82, 2.24) is 4.90 Å². The highest BCUT2D eigenvalue weighted by Gasteiger charge is 2.25. The monoisotopic (exact) mass is 292 g/mol. The summed E-state index contributed by atoms with van der Waals surface area (Å²) in [5, 5.41) is 0. The molecule has 0 atom stereocenters. The van der Waals surface area contributed by atoms with E-state index in [1.54, 1.807) is 7.11 Å². The smallest absolute Gasteiger partial charge is 0.129 e. The molecule has 0 radical (unpaired) electrons. The molecule has 110 valence electrons. The van der Waals surface area contributed by atoms with Crippen molar-refractivity contribution in [3.8, 4) is 5.75 Å². The van der Waals surface area contributed by atoms with Crippen LogP contribution in [-0.2, 0) is 6.54 Å². The Hall–Kier alpha value is -1.13. The van der Waals surface area contributed by atoms with Gasteiger partial charge < -0.3 is 10.5 Å². The van der Waals surface area contributed by atoms with Gasteiger partial charge in [0.1, 0.15) is 10.7 Å². The average Bonchev–Trinajstić information content (AvgIpc) is 2.40.